The second-order valence-electron chi connectivity index (χ2n) is 7.17. The van der Waals surface area contributed by atoms with Gasteiger partial charge in [-0.15, -0.1) is 0 Å². The van der Waals surface area contributed by atoms with Crippen molar-refractivity contribution in [1.82, 2.24) is 4.90 Å². The Labute approximate surface area is 128 Å². The van der Waals surface area contributed by atoms with Crippen LogP contribution in [-0.2, 0) is 0 Å². The van der Waals surface area contributed by atoms with Gasteiger partial charge in [0.1, 0.15) is 0 Å². The van der Waals surface area contributed by atoms with Crippen molar-refractivity contribution in [2.45, 2.75) is 110 Å². The maximum atomic E-state index is 2.82. The quantitative estimate of drug-likeness (QED) is 0.386. The zero-order valence-corrected chi connectivity index (χ0v) is 14.6. The number of hydrogen-bond donors (Lipinski definition) is 0. The summed E-state index contributed by atoms with van der Waals surface area (Å²) in [7, 11) is 0. The molecule has 0 N–H and O–H groups in total. The molecular formula is C19H39N. The van der Waals surface area contributed by atoms with Crippen LogP contribution in [0.15, 0.2) is 0 Å². The molecule has 0 bridgehead atoms. The SMILES string of the molecule is CCCCCCCC(C)(CCCCCC)N1CCCC1. The number of likely N-dealkylation sites (tertiary alicyclic amines) is 1. The molecular weight excluding hydrogens is 242 g/mol. The van der Waals surface area contributed by atoms with Crippen LogP contribution in [-0.4, -0.2) is 23.5 Å². The highest BCUT2D eigenvalue weighted by Crippen LogP contribution is 2.32. The largest absolute Gasteiger partial charge is 0.298 e. The van der Waals surface area contributed by atoms with Crippen molar-refractivity contribution >= 4 is 0 Å². The molecule has 1 heteroatoms. The van der Waals surface area contributed by atoms with E-state index in [1.165, 1.54) is 96.6 Å². The first-order valence-electron chi connectivity index (χ1n) is 9.48. The zero-order chi connectivity index (χ0) is 14.7. The minimum Gasteiger partial charge on any atom is -0.298 e. The van der Waals surface area contributed by atoms with E-state index in [0.29, 0.717) is 5.54 Å². The van der Waals surface area contributed by atoms with E-state index >= 15 is 0 Å². The predicted octanol–water partition coefficient (Wildman–Crippen LogP) is 6.17. The summed E-state index contributed by atoms with van der Waals surface area (Å²) in [5.74, 6) is 0. The molecule has 1 atom stereocenters. The highest BCUT2D eigenvalue weighted by molar-refractivity contribution is 4.88. The third-order valence-electron chi connectivity index (χ3n) is 5.26. The standard InChI is InChI=1S/C19H39N/c1-4-6-8-10-12-16-19(3,15-11-9-7-5-2)20-17-13-14-18-20/h4-18H2,1-3H3. The lowest BCUT2D eigenvalue weighted by Gasteiger charge is -2.39. The van der Waals surface area contributed by atoms with E-state index in [2.05, 4.69) is 25.7 Å². The molecule has 20 heavy (non-hydrogen) atoms. The van der Waals surface area contributed by atoms with Gasteiger partial charge in [-0.2, -0.15) is 0 Å². The first kappa shape index (κ1) is 18.0. The molecule has 0 saturated carbocycles. The maximum Gasteiger partial charge on any atom is 0.0181 e. The lowest BCUT2D eigenvalue weighted by molar-refractivity contribution is 0.107. The number of rotatable bonds is 12. The molecule has 0 radical (unpaired) electrons. The molecule has 1 heterocycles. The lowest BCUT2D eigenvalue weighted by atomic mass is 9.86. The van der Waals surface area contributed by atoms with E-state index in [1.807, 2.05) is 0 Å². The zero-order valence-electron chi connectivity index (χ0n) is 14.6. The normalized spacial score (nSPS) is 19.4. The summed E-state index contributed by atoms with van der Waals surface area (Å²) >= 11 is 0. The Hall–Kier alpha value is -0.0400. The van der Waals surface area contributed by atoms with Crippen LogP contribution in [0.25, 0.3) is 0 Å². The van der Waals surface area contributed by atoms with Crippen molar-refractivity contribution in [1.29, 1.82) is 0 Å². The average Bonchev–Trinajstić information content (AvgIpc) is 2.98. The van der Waals surface area contributed by atoms with Gasteiger partial charge in [0.25, 0.3) is 0 Å². The minimum atomic E-state index is 0.510. The van der Waals surface area contributed by atoms with Crippen molar-refractivity contribution in [2.75, 3.05) is 13.1 Å². The second-order valence-corrected chi connectivity index (χ2v) is 7.17. The Kier molecular flexibility index (Phi) is 9.59. The van der Waals surface area contributed by atoms with Crippen LogP contribution >= 0.6 is 0 Å². The highest BCUT2D eigenvalue weighted by atomic mass is 15.2. The van der Waals surface area contributed by atoms with E-state index in [-0.39, 0.29) is 0 Å². The van der Waals surface area contributed by atoms with E-state index in [4.69, 9.17) is 0 Å². The Bertz CT molecular complexity index is 220. The molecule has 120 valence electrons. The summed E-state index contributed by atoms with van der Waals surface area (Å²) in [4.78, 5) is 2.82. The third-order valence-corrected chi connectivity index (χ3v) is 5.26. The minimum absolute atomic E-state index is 0.510. The van der Waals surface area contributed by atoms with Gasteiger partial charge < -0.3 is 0 Å². The van der Waals surface area contributed by atoms with Gasteiger partial charge in [0.2, 0.25) is 0 Å². The molecule has 1 saturated heterocycles. The van der Waals surface area contributed by atoms with E-state index in [0.717, 1.165) is 0 Å². The van der Waals surface area contributed by atoms with E-state index in [1.54, 1.807) is 0 Å². The van der Waals surface area contributed by atoms with Crippen molar-refractivity contribution < 1.29 is 0 Å². The molecule has 0 aromatic heterocycles. The monoisotopic (exact) mass is 281 g/mol. The van der Waals surface area contributed by atoms with Gasteiger partial charge in [-0.05, 0) is 45.7 Å². The lowest BCUT2D eigenvalue weighted by Crippen LogP contribution is -2.44. The molecule has 0 spiro atoms. The summed E-state index contributed by atoms with van der Waals surface area (Å²) in [6, 6.07) is 0. The van der Waals surface area contributed by atoms with Crippen LogP contribution in [0.4, 0.5) is 0 Å². The third kappa shape index (κ3) is 6.61. The first-order valence-corrected chi connectivity index (χ1v) is 9.48. The molecule has 1 unspecified atom stereocenters. The molecule has 1 aliphatic rings. The summed E-state index contributed by atoms with van der Waals surface area (Å²) in [5, 5.41) is 0. The fraction of sp³-hybridized carbons (Fsp3) is 1.00. The van der Waals surface area contributed by atoms with Gasteiger partial charge in [-0.3, -0.25) is 4.90 Å². The fourth-order valence-corrected chi connectivity index (χ4v) is 3.74. The van der Waals surface area contributed by atoms with Crippen molar-refractivity contribution in [3.8, 4) is 0 Å². The number of hydrogen-bond acceptors (Lipinski definition) is 1. The summed E-state index contributed by atoms with van der Waals surface area (Å²) < 4.78 is 0. The van der Waals surface area contributed by atoms with Crippen molar-refractivity contribution in [3.63, 3.8) is 0 Å². The Morgan fingerprint density at radius 1 is 0.700 bits per heavy atom. The summed E-state index contributed by atoms with van der Waals surface area (Å²) in [5.41, 5.74) is 0.510. The van der Waals surface area contributed by atoms with Gasteiger partial charge in [0.05, 0.1) is 0 Å². The summed E-state index contributed by atoms with van der Waals surface area (Å²) in [6.07, 6.45) is 18.5. The van der Waals surface area contributed by atoms with Gasteiger partial charge in [-0.1, -0.05) is 71.6 Å². The Balaban J connectivity index is 2.33. The molecule has 0 aromatic rings. The predicted molar refractivity (Wildman–Crippen MR) is 91.3 cm³/mol. The Morgan fingerprint density at radius 2 is 1.15 bits per heavy atom. The molecule has 0 amide bonds. The first-order chi connectivity index (χ1) is 9.73. The smallest absolute Gasteiger partial charge is 0.0181 e. The van der Waals surface area contributed by atoms with Gasteiger partial charge in [-0.25, -0.2) is 0 Å². The number of nitrogens with zero attached hydrogens (tertiary/aromatic N) is 1. The topological polar surface area (TPSA) is 3.24 Å². The van der Waals surface area contributed by atoms with Crippen molar-refractivity contribution in [3.05, 3.63) is 0 Å². The molecule has 1 rings (SSSR count). The molecule has 0 aliphatic carbocycles. The summed E-state index contributed by atoms with van der Waals surface area (Å²) in [6.45, 7) is 9.90. The van der Waals surface area contributed by atoms with Crippen LogP contribution in [0, 0.1) is 0 Å². The van der Waals surface area contributed by atoms with Gasteiger partial charge in [0.15, 0.2) is 0 Å². The molecule has 0 aromatic carbocycles. The van der Waals surface area contributed by atoms with Crippen molar-refractivity contribution in [2.24, 2.45) is 0 Å². The van der Waals surface area contributed by atoms with Gasteiger partial charge in [0, 0.05) is 5.54 Å². The molecule has 1 fully saturated rings. The average molecular weight is 282 g/mol. The van der Waals surface area contributed by atoms with Gasteiger partial charge >= 0.3 is 0 Å². The molecule has 1 nitrogen and oxygen atoms in total. The van der Waals surface area contributed by atoms with Crippen LogP contribution in [0.3, 0.4) is 0 Å². The molecule has 1 aliphatic heterocycles. The van der Waals surface area contributed by atoms with Crippen LogP contribution in [0.5, 0.6) is 0 Å². The van der Waals surface area contributed by atoms with Crippen LogP contribution in [0.2, 0.25) is 0 Å². The van der Waals surface area contributed by atoms with E-state index in [9.17, 15) is 0 Å². The van der Waals surface area contributed by atoms with E-state index < -0.39 is 0 Å². The van der Waals surface area contributed by atoms with Crippen LogP contribution < -0.4 is 0 Å². The van der Waals surface area contributed by atoms with Crippen LogP contribution in [0.1, 0.15) is 104 Å². The maximum absolute atomic E-state index is 2.82. The fourth-order valence-electron chi connectivity index (χ4n) is 3.74. The second kappa shape index (κ2) is 10.7. The highest BCUT2D eigenvalue weighted by Gasteiger charge is 2.32. The Morgan fingerprint density at radius 3 is 1.65 bits per heavy atom. The number of unbranched alkanes of at least 4 members (excludes halogenated alkanes) is 7.